The monoisotopic (exact) mass is 330 g/mol. The molecule has 0 radical (unpaired) electrons. The Labute approximate surface area is 143 Å². The van der Waals surface area contributed by atoms with Gasteiger partial charge in [0.05, 0.1) is 0 Å². The van der Waals surface area contributed by atoms with Gasteiger partial charge >= 0.3 is 6.09 Å². The van der Waals surface area contributed by atoms with Crippen molar-refractivity contribution in [1.82, 2.24) is 10.2 Å². The van der Waals surface area contributed by atoms with Crippen LogP contribution in [0.25, 0.3) is 6.08 Å². The Morgan fingerprint density at radius 3 is 2.38 bits per heavy atom. The van der Waals surface area contributed by atoms with E-state index in [2.05, 4.69) is 5.32 Å². The van der Waals surface area contributed by atoms with Gasteiger partial charge in [-0.3, -0.25) is 4.79 Å². The summed E-state index contributed by atoms with van der Waals surface area (Å²) in [6.45, 7) is 6.77. The molecule has 0 atom stereocenters. The van der Waals surface area contributed by atoms with E-state index in [9.17, 15) is 9.59 Å². The Morgan fingerprint density at radius 2 is 1.79 bits per heavy atom. The van der Waals surface area contributed by atoms with Crippen molar-refractivity contribution in [2.45, 2.75) is 45.3 Å². The largest absolute Gasteiger partial charge is 0.444 e. The Kier molecular flexibility index (Phi) is 6.01. The molecule has 1 aliphatic heterocycles. The van der Waals surface area contributed by atoms with Gasteiger partial charge in [-0.15, -0.1) is 0 Å². The standard InChI is InChI=1S/C19H26N2O3/c1-19(2,3)24-18(23)21-13-11-16(12-14-21)20-17(22)10-9-15-7-5-4-6-8-15/h4-10,16H,11-14H2,1-3H3,(H,20,22). The zero-order valence-corrected chi connectivity index (χ0v) is 14.6. The molecule has 0 saturated carbocycles. The van der Waals surface area contributed by atoms with Crippen molar-refractivity contribution in [3.63, 3.8) is 0 Å². The lowest BCUT2D eigenvalue weighted by atomic mass is 10.1. The minimum Gasteiger partial charge on any atom is -0.444 e. The maximum absolute atomic E-state index is 12.0. The van der Waals surface area contributed by atoms with Crippen molar-refractivity contribution < 1.29 is 14.3 Å². The van der Waals surface area contributed by atoms with Crippen LogP contribution in [0, 0.1) is 0 Å². The maximum atomic E-state index is 12.0. The summed E-state index contributed by atoms with van der Waals surface area (Å²) in [5, 5.41) is 2.99. The molecule has 0 aromatic heterocycles. The van der Waals surface area contributed by atoms with Crippen LogP contribution in [0.4, 0.5) is 4.79 Å². The lowest BCUT2D eigenvalue weighted by Crippen LogP contribution is -2.47. The molecule has 5 heteroatoms. The van der Waals surface area contributed by atoms with Crippen molar-refractivity contribution in [1.29, 1.82) is 0 Å². The second kappa shape index (κ2) is 7.99. The topological polar surface area (TPSA) is 58.6 Å². The minimum absolute atomic E-state index is 0.0941. The third-order valence-corrected chi connectivity index (χ3v) is 3.72. The number of carbonyl (C=O) groups excluding carboxylic acids is 2. The van der Waals surface area contributed by atoms with E-state index in [-0.39, 0.29) is 18.0 Å². The van der Waals surface area contributed by atoms with E-state index in [0.717, 1.165) is 18.4 Å². The molecule has 1 aromatic rings. The van der Waals surface area contributed by atoms with Gasteiger partial charge in [0, 0.05) is 25.2 Å². The van der Waals surface area contributed by atoms with E-state index in [1.807, 2.05) is 51.1 Å². The number of ether oxygens (including phenoxy) is 1. The van der Waals surface area contributed by atoms with E-state index in [1.54, 1.807) is 17.1 Å². The second-order valence-corrected chi connectivity index (χ2v) is 6.99. The third-order valence-electron chi connectivity index (χ3n) is 3.72. The van der Waals surface area contributed by atoms with E-state index in [4.69, 9.17) is 4.74 Å². The first-order valence-corrected chi connectivity index (χ1v) is 8.35. The normalized spacial score (nSPS) is 16.2. The van der Waals surface area contributed by atoms with Gasteiger partial charge in [0.25, 0.3) is 0 Å². The third kappa shape index (κ3) is 6.07. The Morgan fingerprint density at radius 1 is 1.17 bits per heavy atom. The zero-order valence-electron chi connectivity index (χ0n) is 14.6. The smallest absolute Gasteiger partial charge is 0.410 e. The zero-order chi connectivity index (χ0) is 17.6. The number of carbonyl (C=O) groups is 2. The predicted molar refractivity (Wildman–Crippen MR) is 94.4 cm³/mol. The minimum atomic E-state index is -0.482. The van der Waals surface area contributed by atoms with Gasteiger partial charge in [-0.1, -0.05) is 30.3 Å². The number of nitrogens with zero attached hydrogens (tertiary/aromatic N) is 1. The summed E-state index contributed by atoms with van der Waals surface area (Å²) in [5.74, 6) is -0.102. The molecule has 1 N–H and O–H groups in total. The van der Waals surface area contributed by atoms with Crippen LogP contribution < -0.4 is 5.32 Å². The molecule has 1 aliphatic rings. The molecule has 1 saturated heterocycles. The first-order chi connectivity index (χ1) is 11.3. The molecule has 1 heterocycles. The number of piperidine rings is 1. The molecule has 0 bridgehead atoms. The highest BCUT2D eigenvalue weighted by atomic mass is 16.6. The first kappa shape index (κ1) is 18.0. The van der Waals surface area contributed by atoms with Crippen LogP contribution in [0.5, 0.6) is 0 Å². The summed E-state index contributed by atoms with van der Waals surface area (Å²) in [5.41, 5.74) is 0.511. The van der Waals surface area contributed by atoms with Crippen molar-refractivity contribution in [3.05, 3.63) is 42.0 Å². The number of rotatable bonds is 3. The summed E-state index contributed by atoms with van der Waals surface area (Å²) in [6, 6.07) is 9.80. The average molecular weight is 330 g/mol. The van der Waals surface area contributed by atoms with Crippen molar-refractivity contribution in [2.75, 3.05) is 13.1 Å². The number of nitrogens with one attached hydrogen (secondary N) is 1. The Bertz CT molecular complexity index is 582. The highest BCUT2D eigenvalue weighted by molar-refractivity contribution is 5.91. The lowest BCUT2D eigenvalue weighted by Gasteiger charge is -2.33. The van der Waals surface area contributed by atoms with E-state index in [0.29, 0.717) is 13.1 Å². The SMILES string of the molecule is CC(C)(C)OC(=O)N1CCC(NC(=O)C=Cc2ccccc2)CC1. The van der Waals surface area contributed by atoms with Gasteiger partial charge in [0.1, 0.15) is 5.60 Å². The van der Waals surface area contributed by atoms with Crippen molar-refractivity contribution >= 4 is 18.1 Å². The van der Waals surface area contributed by atoms with E-state index >= 15 is 0 Å². The fraction of sp³-hybridized carbons (Fsp3) is 0.474. The van der Waals surface area contributed by atoms with Gasteiger partial charge in [-0.25, -0.2) is 4.79 Å². The van der Waals surface area contributed by atoms with Gasteiger partial charge < -0.3 is 15.0 Å². The summed E-state index contributed by atoms with van der Waals surface area (Å²) < 4.78 is 5.37. The van der Waals surface area contributed by atoms with Gasteiger partial charge in [-0.05, 0) is 45.3 Å². The molecule has 2 amide bonds. The van der Waals surface area contributed by atoms with Gasteiger partial charge in [0.2, 0.25) is 5.91 Å². The molecule has 130 valence electrons. The quantitative estimate of drug-likeness (QED) is 0.866. The van der Waals surface area contributed by atoms with Crippen LogP contribution >= 0.6 is 0 Å². The molecule has 2 rings (SSSR count). The molecule has 0 aliphatic carbocycles. The Balaban J connectivity index is 1.75. The summed E-state index contributed by atoms with van der Waals surface area (Å²) in [4.78, 5) is 25.7. The van der Waals surface area contributed by atoms with Crippen LogP contribution in [0.1, 0.15) is 39.2 Å². The number of likely N-dealkylation sites (tertiary alicyclic amines) is 1. The first-order valence-electron chi connectivity index (χ1n) is 8.35. The average Bonchev–Trinajstić information content (AvgIpc) is 2.53. The molecule has 1 aromatic carbocycles. The van der Waals surface area contributed by atoms with Crippen LogP contribution in [-0.4, -0.2) is 41.6 Å². The van der Waals surface area contributed by atoms with Crippen LogP contribution in [-0.2, 0) is 9.53 Å². The molecule has 24 heavy (non-hydrogen) atoms. The van der Waals surface area contributed by atoms with Crippen LogP contribution in [0.15, 0.2) is 36.4 Å². The number of benzene rings is 1. The number of hydrogen-bond donors (Lipinski definition) is 1. The Hall–Kier alpha value is -2.30. The maximum Gasteiger partial charge on any atom is 0.410 e. The molecular weight excluding hydrogens is 304 g/mol. The van der Waals surface area contributed by atoms with Gasteiger partial charge in [-0.2, -0.15) is 0 Å². The van der Waals surface area contributed by atoms with Crippen LogP contribution in [0.3, 0.4) is 0 Å². The molecule has 0 spiro atoms. The molecular formula is C19H26N2O3. The van der Waals surface area contributed by atoms with E-state index in [1.165, 1.54) is 0 Å². The predicted octanol–water partition coefficient (Wildman–Crippen LogP) is 3.22. The fourth-order valence-electron chi connectivity index (χ4n) is 2.52. The van der Waals surface area contributed by atoms with Gasteiger partial charge in [0.15, 0.2) is 0 Å². The van der Waals surface area contributed by atoms with Crippen molar-refractivity contribution in [3.8, 4) is 0 Å². The summed E-state index contributed by atoms with van der Waals surface area (Å²) in [7, 11) is 0. The number of amides is 2. The van der Waals surface area contributed by atoms with Crippen molar-refractivity contribution in [2.24, 2.45) is 0 Å². The highest BCUT2D eigenvalue weighted by Gasteiger charge is 2.27. The summed E-state index contributed by atoms with van der Waals surface area (Å²) >= 11 is 0. The lowest BCUT2D eigenvalue weighted by molar-refractivity contribution is -0.117. The van der Waals surface area contributed by atoms with E-state index < -0.39 is 5.60 Å². The molecule has 1 fully saturated rings. The number of hydrogen-bond acceptors (Lipinski definition) is 3. The highest BCUT2D eigenvalue weighted by Crippen LogP contribution is 2.15. The fourth-order valence-corrected chi connectivity index (χ4v) is 2.52. The van der Waals surface area contributed by atoms with Crippen LogP contribution in [0.2, 0.25) is 0 Å². The second-order valence-electron chi connectivity index (χ2n) is 6.99. The molecule has 5 nitrogen and oxygen atoms in total. The summed E-state index contributed by atoms with van der Waals surface area (Å²) in [6.07, 6.45) is 4.55. The molecule has 0 unspecified atom stereocenters.